The van der Waals surface area contributed by atoms with Gasteiger partial charge in [0.15, 0.2) is 5.96 Å². The SMILES string of the molecule is COCCNC(=NCC(=O)N(C)C)NCCCOCC1CC1. The number of hydrogen-bond acceptors (Lipinski definition) is 4. The van der Waals surface area contributed by atoms with E-state index in [1.54, 1.807) is 21.2 Å². The third-order valence-corrected chi connectivity index (χ3v) is 3.28. The quantitative estimate of drug-likeness (QED) is 0.321. The molecule has 1 saturated carbocycles. The van der Waals surface area contributed by atoms with Gasteiger partial charge in [-0.3, -0.25) is 4.79 Å². The van der Waals surface area contributed by atoms with Crippen LogP contribution in [0.5, 0.6) is 0 Å². The fourth-order valence-corrected chi connectivity index (χ4v) is 1.65. The Morgan fingerprint density at radius 1 is 1.23 bits per heavy atom. The third-order valence-electron chi connectivity index (χ3n) is 3.28. The van der Waals surface area contributed by atoms with Crippen molar-refractivity contribution in [1.29, 1.82) is 0 Å². The molecule has 1 amide bonds. The van der Waals surface area contributed by atoms with Crippen LogP contribution in [0.25, 0.3) is 0 Å². The fourth-order valence-electron chi connectivity index (χ4n) is 1.65. The number of carbonyl (C=O) groups excluding carboxylic acids is 1. The monoisotopic (exact) mass is 314 g/mol. The molecule has 0 radical (unpaired) electrons. The van der Waals surface area contributed by atoms with E-state index < -0.39 is 0 Å². The van der Waals surface area contributed by atoms with Crippen molar-refractivity contribution in [3.63, 3.8) is 0 Å². The lowest BCUT2D eigenvalue weighted by molar-refractivity contribution is -0.127. The molecule has 22 heavy (non-hydrogen) atoms. The van der Waals surface area contributed by atoms with E-state index in [1.807, 2.05) is 0 Å². The van der Waals surface area contributed by atoms with Gasteiger partial charge in [-0.2, -0.15) is 0 Å². The molecule has 0 aliphatic heterocycles. The Morgan fingerprint density at radius 3 is 2.59 bits per heavy atom. The van der Waals surface area contributed by atoms with Crippen LogP contribution in [0.15, 0.2) is 4.99 Å². The van der Waals surface area contributed by atoms with Crippen LogP contribution in [0.4, 0.5) is 0 Å². The lowest BCUT2D eigenvalue weighted by atomic mass is 10.4. The average Bonchev–Trinajstić information content (AvgIpc) is 3.31. The summed E-state index contributed by atoms with van der Waals surface area (Å²) < 4.78 is 10.6. The summed E-state index contributed by atoms with van der Waals surface area (Å²) in [6, 6.07) is 0. The Labute approximate surface area is 133 Å². The molecule has 0 spiro atoms. The van der Waals surface area contributed by atoms with Gasteiger partial charge >= 0.3 is 0 Å². The second-order valence-electron chi connectivity index (χ2n) is 5.67. The zero-order valence-electron chi connectivity index (χ0n) is 14.1. The Kier molecular flexibility index (Phi) is 9.57. The van der Waals surface area contributed by atoms with Crippen molar-refractivity contribution in [2.24, 2.45) is 10.9 Å². The summed E-state index contributed by atoms with van der Waals surface area (Å²) in [5, 5.41) is 6.35. The van der Waals surface area contributed by atoms with Gasteiger partial charge in [-0.25, -0.2) is 4.99 Å². The second kappa shape index (κ2) is 11.3. The number of likely N-dealkylation sites (N-methyl/N-ethyl adjacent to an activating group) is 1. The number of methoxy groups -OCH3 is 1. The number of ether oxygens (including phenoxy) is 2. The van der Waals surface area contributed by atoms with E-state index in [0.29, 0.717) is 19.1 Å². The van der Waals surface area contributed by atoms with Gasteiger partial charge in [-0.05, 0) is 25.2 Å². The van der Waals surface area contributed by atoms with Crippen molar-refractivity contribution >= 4 is 11.9 Å². The van der Waals surface area contributed by atoms with Crippen LogP contribution in [0.1, 0.15) is 19.3 Å². The minimum atomic E-state index is -0.0272. The first kappa shape index (κ1) is 18.7. The Balaban J connectivity index is 2.19. The molecule has 0 aromatic rings. The molecule has 7 heteroatoms. The lowest BCUT2D eigenvalue weighted by Crippen LogP contribution is -2.40. The van der Waals surface area contributed by atoms with Gasteiger partial charge in [-0.15, -0.1) is 0 Å². The van der Waals surface area contributed by atoms with Gasteiger partial charge in [0.25, 0.3) is 0 Å². The highest BCUT2D eigenvalue weighted by Crippen LogP contribution is 2.28. The maximum absolute atomic E-state index is 11.6. The number of nitrogens with one attached hydrogen (secondary N) is 2. The second-order valence-corrected chi connectivity index (χ2v) is 5.67. The molecule has 2 N–H and O–H groups in total. The van der Waals surface area contributed by atoms with Crippen molar-refractivity contribution in [1.82, 2.24) is 15.5 Å². The van der Waals surface area contributed by atoms with Crippen LogP contribution >= 0.6 is 0 Å². The molecule has 1 aliphatic rings. The number of nitrogens with zero attached hydrogens (tertiary/aromatic N) is 2. The van der Waals surface area contributed by atoms with Gasteiger partial charge in [0, 0.05) is 47.5 Å². The first-order valence-electron chi connectivity index (χ1n) is 7.92. The van der Waals surface area contributed by atoms with Gasteiger partial charge in [0.05, 0.1) is 6.61 Å². The molecule has 1 aliphatic carbocycles. The summed E-state index contributed by atoms with van der Waals surface area (Å²) in [5.74, 6) is 1.41. The third kappa shape index (κ3) is 9.57. The van der Waals surface area contributed by atoms with Crippen molar-refractivity contribution in [3.05, 3.63) is 0 Å². The molecule has 128 valence electrons. The highest BCUT2D eigenvalue weighted by molar-refractivity contribution is 5.84. The molecule has 1 rings (SSSR count). The van der Waals surface area contributed by atoms with Crippen molar-refractivity contribution < 1.29 is 14.3 Å². The standard InChI is InChI=1S/C15H30N4O3/c1-19(2)14(20)11-18-15(17-8-10-21-3)16-7-4-9-22-12-13-5-6-13/h13H,4-12H2,1-3H3,(H2,16,17,18). The molecule has 0 saturated heterocycles. The number of aliphatic imine (C=N–C) groups is 1. The lowest BCUT2D eigenvalue weighted by Gasteiger charge is -2.13. The van der Waals surface area contributed by atoms with E-state index >= 15 is 0 Å². The van der Waals surface area contributed by atoms with E-state index in [2.05, 4.69) is 15.6 Å². The van der Waals surface area contributed by atoms with Crippen LogP contribution < -0.4 is 10.6 Å². The maximum atomic E-state index is 11.6. The first-order chi connectivity index (χ1) is 10.6. The smallest absolute Gasteiger partial charge is 0.243 e. The first-order valence-corrected chi connectivity index (χ1v) is 7.92. The number of rotatable bonds is 11. The van der Waals surface area contributed by atoms with E-state index in [4.69, 9.17) is 9.47 Å². The summed E-state index contributed by atoms with van der Waals surface area (Å²) in [7, 11) is 5.10. The van der Waals surface area contributed by atoms with Gasteiger partial charge in [0.1, 0.15) is 6.54 Å². The predicted molar refractivity (Wildman–Crippen MR) is 87.0 cm³/mol. The highest BCUT2D eigenvalue weighted by Gasteiger charge is 2.20. The normalized spacial score (nSPS) is 14.8. The van der Waals surface area contributed by atoms with Gasteiger partial charge < -0.3 is 25.0 Å². The molecule has 1 fully saturated rings. The summed E-state index contributed by atoms with van der Waals surface area (Å²) in [6.07, 6.45) is 3.55. The molecule has 0 aromatic heterocycles. The molecule has 0 atom stereocenters. The Morgan fingerprint density at radius 2 is 1.95 bits per heavy atom. The number of carbonyl (C=O) groups is 1. The average molecular weight is 314 g/mol. The number of guanidine groups is 1. The zero-order chi connectivity index (χ0) is 16.2. The Hall–Kier alpha value is -1.34. The molecule has 7 nitrogen and oxygen atoms in total. The molecule has 0 heterocycles. The largest absolute Gasteiger partial charge is 0.383 e. The van der Waals surface area contributed by atoms with Crippen LogP contribution in [0, 0.1) is 5.92 Å². The minimum absolute atomic E-state index is 0.0272. The zero-order valence-corrected chi connectivity index (χ0v) is 14.1. The molecular weight excluding hydrogens is 284 g/mol. The maximum Gasteiger partial charge on any atom is 0.243 e. The summed E-state index contributed by atoms with van der Waals surface area (Å²) in [6.45, 7) is 3.78. The molecule has 0 unspecified atom stereocenters. The van der Waals surface area contributed by atoms with Crippen molar-refractivity contribution in [2.75, 3.05) is 60.7 Å². The summed E-state index contributed by atoms with van der Waals surface area (Å²) >= 11 is 0. The number of hydrogen-bond donors (Lipinski definition) is 2. The van der Waals surface area contributed by atoms with Gasteiger partial charge in [-0.1, -0.05) is 0 Å². The van der Waals surface area contributed by atoms with Crippen LogP contribution in [0.2, 0.25) is 0 Å². The van der Waals surface area contributed by atoms with Gasteiger partial charge in [0.2, 0.25) is 5.91 Å². The predicted octanol–water partition coefficient (Wildman–Crippen LogP) is 0.0729. The summed E-state index contributed by atoms with van der Waals surface area (Å²) in [4.78, 5) is 17.4. The Bertz CT molecular complexity index is 344. The van der Waals surface area contributed by atoms with Crippen molar-refractivity contribution in [3.8, 4) is 0 Å². The van der Waals surface area contributed by atoms with Crippen LogP contribution in [-0.2, 0) is 14.3 Å². The van der Waals surface area contributed by atoms with E-state index in [9.17, 15) is 4.79 Å². The van der Waals surface area contributed by atoms with Crippen molar-refractivity contribution in [2.45, 2.75) is 19.3 Å². The fraction of sp³-hybridized carbons (Fsp3) is 0.867. The summed E-state index contributed by atoms with van der Waals surface area (Å²) in [5.41, 5.74) is 0. The highest BCUT2D eigenvalue weighted by atomic mass is 16.5. The van der Waals surface area contributed by atoms with Crippen LogP contribution in [0.3, 0.4) is 0 Å². The molecule has 0 bridgehead atoms. The van der Waals surface area contributed by atoms with Crippen LogP contribution in [-0.4, -0.2) is 77.4 Å². The van der Waals surface area contributed by atoms with E-state index in [1.165, 1.54) is 17.7 Å². The number of amides is 1. The van der Waals surface area contributed by atoms with E-state index in [-0.39, 0.29) is 12.5 Å². The topological polar surface area (TPSA) is 75.2 Å². The van der Waals surface area contributed by atoms with E-state index in [0.717, 1.165) is 32.1 Å². The minimum Gasteiger partial charge on any atom is -0.383 e. The molecule has 0 aromatic carbocycles. The molecular formula is C15H30N4O3.